The number of aliphatic imine (C=N–C) groups is 1. The lowest BCUT2D eigenvalue weighted by atomic mass is 9.79. The topological polar surface area (TPSA) is 60.0 Å². The maximum atomic E-state index is 12.3. The van der Waals surface area contributed by atoms with E-state index in [1.54, 1.807) is 0 Å². The van der Waals surface area contributed by atoms with E-state index in [-0.39, 0.29) is 41.3 Å². The second-order valence-electron chi connectivity index (χ2n) is 9.60. The average Bonchev–Trinajstić information content (AvgIpc) is 3.21. The van der Waals surface area contributed by atoms with Gasteiger partial charge in [0.2, 0.25) is 5.91 Å². The standard InChI is InChI=1S/C23H43N5O.HI/c1-4-24-22(26-20-11-16-27(17-20)21(29)19(2)3)25-18-23(12-7-5-8-13-23)28-14-9-6-10-15-28;/h19-20H,4-18H2,1-3H3,(H2,24,25,26);1H. The number of guanidine groups is 1. The van der Waals surface area contributed by atoms with Crippen LogP contribution in [0.25, 0.3) is 0 Å². The summed E-state index contributed by atoms with van der Waals surface area (Å²) in [4.78, 5) is 22.2. The van der Waals surface area contributed by atoms with Crippen molar-refractivity contribution < 1.29 is 4.79 Å². The molecule has 0 aromatic rings. The van der Waals surface area contributed by atoms with Gasteiger partial charge >= 0.3 is 0 Å². The molecule has 2 aliphatic heterocycles. The molecule has 1 aliphatic carbocycles. The van der Waals surface area contributed by atoms with Crippen LogP contribution in [0.15, 0.2) is 4.99 Å². The molecule has 0 spiro atoms. The highest BCUT2D eigenvalue weighted by molar-refractivity contribution is 14.0. The molecule has 3 rings (SSSR count). The quantitative estimate of drug-likeness (QED) is 0.311. The summed E-state index contributed by atoms with van der Waals surface area (Å²) in [5, 5.41) is 7.08. The number of nitrogens with one attached hydrogen (secondary N) is 2. The third-order valence-corrected chi connectivity index (χ3v) is 7.02. The number of hydrogen-bond acceptors (Lipinski definition) is 3. The molecule has 1 unspecified atom stereocenters. The Bertz CT molecular complexity index is 556. The third-order valence-electron chi connectivity index (χ3n) is 7.02. The van der Waals surface area contributed by atoms with Crippen LogP contribution in [0, 0.1) is 5.92 Å². The zero-order chi connectivity index (χ0) is 20.7. The fourth-order valence-electron chi connectivity index (χ4n) is 5.34. The number of hydrogen-bond donors (Lipinski definition) is 2. The molecule has 0 aromatic heterocycles. The summed E-state index contributed by atoms with van der Waals surface area (Å²) in [5.41, 5.74) is 0.260. The summed E-state index contributed by atoms with van der Waals surface area (Å²) in [6.45, 7) is 12.0. The molecule has 2 heterocycles. The van der Waals surface area contributed by atoms with Crippen molar-refractivity contribution in [1.82, 2.24) is 20.4 Å². The molecule has 2 saturated heterocycles. The molecule has 2 N–H and O–H groups in total. The predicted molar refractivity (Wildman–Crippen MR) is 136 cm³/mol. The largest absolute Gasteiger partial charge is 0.357 e. The van der Waals surface area contributed by atoms with E-state index in [1.807, 2.05) is 18.7 Å². The van der Waals surface area contributed by atoms with Gasteiger partial charge in [0.25, 0.3) is 0 Å². The fourth-order valence-corrected chi connectivity index (χ4v) is 5.34. The van der Waals surface area contributed by atoms with Gasteiger partial charge in [0.1, 0.15) is 0 Å². The van der Waals surface area contributed by atoms with Crippen LogP contribution in [-0.4, -0.2) is 72.5 Å². The number of carbonyl (C=O) groups is 1. The molecule has 1 amide bonds. The highest BCUT2D eigenvalue weighted by Crippen LogP contribution is 2.35. The van der Waals surface area contributed by atoms with Gasteiger partial charge in [-0.2, -0.15) is 0 Å². The van der Waals surface area contributed by atoms with Gasteiger partial charge in [-0.1, -0.05) is 39.5 Å². The lowest BCUT2D eigenvalue weighted by Gasteiger charge is -2.47. The minimum absolute atomic E-state index is 0. The zero-order valence-electron chi connectivity index (χ0n) is 19.4. The summed E-state index contributed by atoms with van der Waals surface area (Å²) in [6.07, 6.45) is 11.7. The minimum Gasteiger partial charge on any atom is -0.357 e. The first-order valence-electron chi connectivity index (χ1n) is 12.1. The highest BCUT2D eigenvalue weighted by Gasteiger charge is 2.38. The maximum Gasteiger partial charge on any atom is 0.225 e. The Morgan fingerprint density at radius 3 is 2.37 bits per heavy atom. The fraction of sp³-hybridized carbons (Fsp3) is 0.913. The first-order chi connectivity index (χ1) is 14.0. The Labute approximate surface area is 201 Å². The number of carbonyl (C=O) groups excluding carboxylic acids is 1. The lowest BCUT2D eigenvalue weighted by molar-refractivity contribution is -0.133. The van der Waals surface area contributed by atoms with Gasteiger partial charge in [0.15, 0.2) is 5.96 Å². The smallest absolute Gasteiger partial charge is 0.225 e. The number of nitrogens with zero attached hydrogens (tertiary/aromatic N) is 3. The molecule has 0 aromatic carbocycles. The van der Waals surface area contributed by atoms with E-state index >= 15 is 0 Å². The first kappa shape index (κ1) is 25.7. The van der Waals surface area contributed by atoms with Gasteiger partial charge in [-0.05, 0) is 52.1 Å². The Kier molecular flexibility index (Phi) is 10.7. The summed E-state index contributed by atoms with van der Waals surface area (Å²) >= 11 is 0. The molecular formula is C23H44IN5O. The number of amides is 1. The van der Waals surface area contributed by atoms with E-state index < -0.39 is 0 Å². The van der Waals surface area contributed by atoms with Gasteiger partial charge in [-0.15, -0.1) is 24.0 Å². The summed E-state index contributed by atoms with van der Waals surface area (Å²) in [6, 6.07) is 0.299. The zero-order valence-corrected chi connectivity index (χ0v) is 21.7. The highest BCUT2D eigenvalue weighted by atomic mass is 127. The van der Waals surface area contributed by atoms with Gasteiger partial charge in [0, 0.05) is 37.1 Å². The van der Waals surface area contributed by atoms with Crippen LogP contribution in [-0.2, 0) is 4.79 Å². The molecule has 1 saturated carbocycles. The first-order valence-corrected chi connectivity index (χ1v) is 12.1. The third kappa shape index (κ3) is 6.71. The average molecular weight is 534 g/mol. The Hall–Kier alpha value is -0.570. The van der Waals surface area contributed by atoms with E-state index in [4.69, 9.17) is 4.99 Å². The van der Waals surface area contributed by atoms with E-state index in [9.17, 15) is 4.79 Å². The molecule has 6 nitrogen and oxygen atoms in total. The molecule has 3 fully saturated rings. The molecule has 3 aliphatic rings. The van der Waals surface area contributed by atoms with Crippen molar-refractivity contribution in [3.05, 3.63) is 0 Å². The monoisotopic (exact) mass is 533 g/mol. The lowest BCUT2D eigenvalue weighted by Crippen LogP contribution is -2.55. The van der Waals surface area contributed by atoms with E-state index in [0.29, 0.717) is 6.04 Å². The SMILES string of the molecule is CCNC(=NCC1(N2CCCCC2)CCCCC1)NC1CCN(C(=O)C(C)C)C1.I. The van der Waals surface area contributed by atoms with E-state index in [1.165, 1.54) is 64.5 Å². The predicted octanol–water partition coefficient (Wildman–Crippen LogP) is 3.61. The van der Waals surface area contributed by atoms with Crippen molar-refractivity contribution in [3.8, 4) is 0 Å². The molecule has 30 heavy (non-hydrogen) atoms. The van der Waals surface area contributed by atoms with Gasteiger partial charge in [0.05, 0.1) is 6.54 Å². The summed E-state index contributed by atoms with van der Waals surface area (Å²) in [5.74, 6) is 1.27. The van der Waals surface area contributed by atoms with Crippen molar-refractivity contribution in [3.63, 3.8) is 0 Å². The van der Waals surface area contributed by atoms with Crippen molar-refractivity contribution in [2.75, 3.05) is 39.3 Å². The Balaban J connectivity index is 0.00000320. The number of piperidine rings is 1. The minimum atomic E-state index is 0. The van der Waals surface area contributed by atoms with Crippen LogP contribution in [0.3, 0.4) is 0 Å². The molecule has 0 bridgehead atoms. The molecule has 7 heteroatoms. The summed E-state index contributed by atoms with van der Waals surface area (Å²) < 4.78 is 0. The maximum absolute atomic E-state index is 12.3. The second kappa shape index (κ2) is 12.5. The van der Waals surface area contributed by atoms with Crippen LogP contribution in [0.2, 0.25) is 0 Å². The van der Waals surface area contributed by atoms with Crippen molar-refractivity contribution in [1.29, 1.82) is 0 Å². The molecule has 174 valence electrons. The molecule has 0 radical (unpaired) electrons. The van der Waals surface area contributed by atoms with Crippen molar-refractivity contribution in [2.45, 2.75) is 90.1 Å². The van der Waals surface area contributed by atoms with Crippen LogP contribution in [0.4, 0.5) is 0 Å². The Morgan fingerprint density at radius 1 is 1.07 bits per heavy atom. The van der Waals surface area contributed by atoms with E-state index in [0.717, 1.165) is 38.6 Å². The van der Waals surface area contributed by atoms with E-state index in [2.05, 4.69) is 22.5 Å². The Morgan fingerprint density at radius 2 is 1.73 bits per heavy atom. The van der Waals surface area contributed by atoms with Gasteiger partial charge < -0.3 is 15.5 Å². The normalized spacial score (nSPS) is 25.1. The number of likely N-dealkylation sites (tertiary alicyclic amines) is 2. The number of halogens is 1. The van der Waals surface area contributed by atoms with Gasteiger partial charge in [-0.25, -0.2) is 0 Å². The number of rotatable bonds is 6. The van der Waals surface area contributed by atoms with Crippen LogP contribution in [0.5, 0.6) is 0 Å². The van der Waals surface area contributed by atoms with Crippen LogP contribution in [0.1, 0.15) is 78.6 Å². The summed E-state index contributed by atoms with van der Waals surface area (Å²) in [7, 11) is 0. The van der Waals surface area contributed by atoms with Crippen LogP contribution >= 0.6 is 24.0 Å². The van der Waals surface area contributed by atoms with Crippen molar-refractivity contribution in [2.24, 2.45) is 10.9 Å². The van der Waals surface area contributed by atoms with Crippen LogP contribution < -0.4 is 10.6 Å². The molecular weight excluding hydrogens is 489 g/mol. The second-order valence-corrected chi connectivity index (χ2v) is 9.60. The molecule has 1 atom stereocenters. The van der Waals surface area contributed by atoms with Crippen molar-refractivity contribution >= 4 is 35.8 Å². The van der Waals surface area contributed by atoms with Gasteiger partial charge in [-0.3, -0.25) is 14.7 Å².